The number of anilines is 4. The number of amides is 1. The molecule has 2 aromatic heterocycles. The third kappa shape index (κ3) is 10.7. The summed E-state index contributed by atoms with van der Waals surface area (Å²) < 4.78 is 57.2. The number of aryl methyl sites for hydroxylation is 4. The lowest BCUT2D eigenvalue weighted by Gasteiger charge is -2.07. The van der Waals surface area contributed by atoms with Crippen LogP contribution in [0.2, 0.25) is 0 Å². The third-order valence-electron chi connectivity index (χ3n) is 9.46. The maximum atomic E-state index is 13.8. The van der Waals surface area contributed by atoms with Crippen LogP contribution in [-0.4, -0.2) is 44.3 Å². The first kappa shape index (κ1) is 40.1. The monoisotopic (exact) mass is 828 g/mol. The molecule has 57 heavy (non-hydrogen) atoms. The van der Waals surface area contributed by atoms with Crippen molar-refractivity contribution in [3.63, 3.8) is 0 Å². The van der Waals surface area contributed by atoms with Gasteiger partial charge in [-0.05, 0) is 109 Å². The van der Waals surface area contributed by atoms with Gasteiger partial charge in [-0.2, -0.15) is 0 Å². The van der Waals surface area contributed by atoms with Crippen LogP contribution < -0.4 is 20.7 Å². The fourth-order valence-electron chi connectivity index (χ4n) is 6.68. The maximum absolute atomic E-state index is 13.8. The summed E-state index contributed by atoms with van der Waals surface area (Å²) in [5.74, 6) is -0.615. The Morgan fingerprint density at radius 2 is 1.18 bits per heavy atom. The molecule has 0 saturated heterocycles. The fourth-order valence-corrected chi connectivity index (χ4v) is 9.18. The molecule has 0 fully saturated rings. The predicted molar refractivity (Wildman–Crippen MR) is 224 cm³/mol. The van der Waals surface area contributed by atoms with E-state index >= 15 is 0 Å². The molecular formula is C42H42F2N6O4S3. The first-order valence-electron chi connectivity index (χ1n) is 18.5. The van der Waals surface area contributed by atoms with Crippen molar-refractivity contribution in [1.82, 2.24) is 20.0 Å². The van der Waals surface area contributed by atoms with Crippen LogP contribution in [0.1, 0.15) is 44.8 Å². The van der Waals surface area contributed by atoms with Crippen molar-refractivity contribution in [3.8, 4) is 22.5 Å². The normalized spacial score (nSPS) is 13.1. The van der Waals surface area contributed by atoms with Gasteiger partial charge in [-0.1, -0.05) is 36.4 Å². The molecule has 0 aliphatic heterocycles. The Kier molecular flexibility index (Phi) is 12.7. The summed E-state index contributed by atoms with van der Waals surface area (Å²) in [4.78, 5) is 23.3. The number of carbonyl (C=O) groups is 1. The van der Waals surface area contributed by atoms with Gasteiger partial charge in [-0.3, -0.25) is 4.79 Å². The average molecular weight is 829 g/mol. The Morgan fingerprint density at radius 3 is 1.63 bits per heavy atom. The summed E-state index contributed by atoms with van der Waals surface area (Å²) in [6.07, 6.45) is 6.96. The number of hydrogen-bond acceptors (Lipinski definition) is 10. The van der Waals surface area contributed by atoms with Crippen molar-refractivity contribution in [2.75, 3.05) is 30.6 Å². The second-order valence-electron chi connectivity index (χ2n) is 13.8. The Labute approximate surface area is 338 Å². The number of ether oxygens (including phenoxy) is 1. The molecule has 2 aliphatic rings. The lowest BCUT2D eigenvalue weighted by molar-refractivity contribution is -0.124. The molecule has 2 heterocycles. The number of halogens is 2. The fraction of sp³-hybridized carbons (Fsp3) is 0.262. The molecule has 0 saturated carbocycles. The molecule has 15 heteroatoms. The highest BCUT2D eigenvalue weighted by Gasteiger charge is 2.21. The lowest BCUT2D eigenvalue weighted by atomic mass is 10.0. The van der Waals surface area contributed by atoms with E-state index in [0.717, 1.165) is 111 Å². The van der Waals surface area contributed by atoms with Crippen LogP contribution in [-0.2, 0) is 58.3 Å². The molecule has 6 aromatic rings. The van der Waals surface area contributed by atoms with Crippen molar-refractivity contribution in [2.24, 2.45) is 0 Å². The van der Waals surface area contributed by atoms with Crippen molar-refractivity contribution < 1.29 is 26.7 Å². The Balaban J connectivity index is 0.000000174. The molecule has 8 rings (SSSR count). The van der Waals surface area contributed by atoms with Gasteiger partial charge in [0.15, 0.2) is 10.3 Å². The van der Waals surface area contributed by atoms with E-state index < -0.39 is 10.0 Å². The number of thiazole rings is 2. The van der Waals surface area contributed by atoms with Crippen LogP contribution in [0.25, 0.3) is 22.5 Å². The number of nitrogens with zero attached hydrogens (tertiary/aromatic N) is 2. The number of hydrogen-bond donors (Lipinski definition) is 4. The second kappa shape index (κ2) is 18.0. The number of carbonyl (C=O) groups excluding carboxylic acids is 1. The summed E-state index contributed by atoms with van der Waals surface area (Å²) >= 11 is 3.22. The van der Waals surface area contributed by atoms with Crippen molar-refractivity contribution in [1.29, 1.82) is 0 Å². The number of nitrogens with one attached hydrogen (secondary N) is 4. The minimum atomic E-state index is -3.21. The number of rotatable bonds is 11. The van der Waals surface area contributed by atoms with Gasteiger partial charge < -0.3 is 20.7 Å². The minimum absolute atomic E-state index is 0.0569. The van der Waals surface area contributed by atoms with E-state index in [1.807, 2.05) is 60.7 Å². The SMILES string of the molecule is COCC(=O)NCc1ccc(Nc2nc3c(s2)CCCc2ccc(F)cc2-3)cc1.CS(=O)(=O)NCc1ccc(Nc2nc3c(s2)CCCc2ccc(F)cc2-3)cc1. The van der Waals surface area contributed by atoms with Gasteiger partial charge in [0.05, 0.1) is 17.6 Å². The molecule has 0 radical (unpaired) electrons. The lowest BCUT2D eigenvalue weighted by Crippen LogP contribution is -2.26. The largest absolute Gasteiger partial charge is 0.375 e. The van der Waals surface area contributed by atoms with E-state index in [-0.39, 0.29) is 30.7 Å². The van der Waals surface area contributed by atoms with Crippen LogP contribution in [0.3, 0.4) is 0 Å². The van der Waals surface area contributed by atoms with Crippen LogP contribution in [0.5, 0.6) is 0 Å². The van der Waals surface area contributed by atoms with Gasteiger partial charge in [0.1, 0.15) is 18.2 Å². The molecule has 0 atom stereocenters. The first-order chi connectivity index (χ1) is 27.5. The zero-order valence-electron chi connectivity index (χ0n) is 31.5. The Morgan fingerprint density at radius 1 is 0.702 bits per heavy atom. The number of benzene rings is 4. The zero-order chi connectivity index (χ0) is 39.9. The van der Waals surface area contributed by atoms with Crippen molar-refractivity contribution in [3.05, 3.63) is 129 Å². The van der Waals surface area contributed by atoms with E-state index in [1.165, 1.54) is 29.0 Å². The molecule has 296 valence electrons. The predicted octanol–water partition coefficient (Wildman–Crippen LogP) is 8.67. The van der Waals surface area contributed by atoms with Crippen LogP contribution in [0, 0.1) is 11.6 Å². The van der Waals surface area contributed by atoms with Crippen LogP contribution in [0.4, 0.5) is 30.4 Å². The smallest absolute Gasteiger partial charge is 0.246 e. The maximum Gasteiger partial charge on any atom is 0.246 e. The summed E-state index contributed by atoms with van der Waals surface area (Å²) in [6.45, 7) is 0.769. The quantitative estimate of drug-likeness (QED) is 0.102. The highest BCUT2D eigenvalue weighted by atomic mass is 32.2. The molecule has 0 unspecified atom stereocenters. The summed E-state index contributed by atoms with van der Waals surface area (Å²) in [5.41, 5.74) is 9.50. The van der Waals surface area contributed by atoms with E-state index in [1.54, 1.807) is 34.8 Å². The number of methoxy groups -OCH3 is 1. The van der Waals surface area contributed by atoms with Crippen molar-refractivity contribution >= 4 is 60.2 Å². The summed E-state index contributed by atoms with van der Waals surface area (Å²) in [5, 5.41) is 11.0. The highest BCUT2D eigenvalue weighted by molar-refractivity contribution is 7.88. The van der Waals surface area contributed by atoms with Gasteiger partial charge in [0.2, 0.25) is 15.9 Å². The standard InChI is InChI=1S/C22H22FN3O2S.C20H20FN3O2S2/c1-28-13-20(27)24-12-14-5-9-17(10-6-14)25-22-26-21-18-11-16(23)8-7-15(18)3-2-4-19(21)29-22;1-28(25,26)22-12-13-5-9-16(10-6-13)23-20-24-19-17-11-15(21)8-7-14(17)3-2-4-18(19)27-20/h5-11H,2-4,12-13H2,1H3,(H,24,27)(H,25,26);5-11,22H,2-4,12H2,1H3,(H,23,24). The van der Waals surface area contributed by atoms with Crippen LogP contribution >= 0.6 is 22.7 Å². The molecule has 4 aromatic carbocycles. The number of sulfonamides is 1. The molecule has 0 bridgehead atoms. The molecule has 4 N–H and O–H groups in total. The van der Waals surface area contributed by atoms with Gasteiger partial charge in [-0.25, -0.2) is 31.9 Å². The highest BCUT2D eigenvalue weighted by Crippen LogP contribution is 2.40. The van der Waals surface area contributed by atoms with E-state index in [9.17, 15) is 22.0 Å². The average Bonchev–Trinajstić information content (AvgIpc) is 3.68. The zero-order valence-corrected chi connectivity index (χ0v) is 33.9. The topological polar surface area (TPSA) is 134 Å². The molecule has 10 nitrogen and oxygen atoms in total. The first-order valence-corrected chi connectivity index (χ1v) is 22.0. The molecule has 1 amide bonds. The van der Waals surface area contributed by atoms with Crippen LogP contribution in [0.15, 0.2) is 84.9 Å². The Hall–Kier alpha value is -5.06. The third-order valence-corrected chi connectivity index (χ3v) is 12.2. The van der Waals surface area contributed by atoms with Gasteiger partial charge in [0, 0.05) is 52.5 Å². The Bertz CT molecular complexity index is 2470. The second-order valence-corrected chi connectivity index (χ2v) is 17.8. The van der Waals surface area contributed by atoms with Crippen molar-refractivity contribution in [2.45, 2.75) is 51.6 Å². The van der Waals surface area contributed by atoms with E-state index in [2.05, 4.69) is 20.7 Å². The van der Waals surface area contributed by atoms with E-state index in [4.69, 9.17) is 14.7 Å². The number of aromatic nitrogens is 2. The summed E-state index contributed by atoms with van der Waals surface area (Å²) in [7, 11) is -1.72. The van der Waals surface area contributed by atoms with Gasteiger partial charge in [-0.15, -0.1) is 22.7 Å². The molecule has 2 aliphatic carbocycles. The summed E-state index contributed by atoms with van der Waals surface area (Å²) in [6, 6.07) is 25.3. The minimum Gasteiger partial charge on any atom is -0.375 e. The van der Waals surface area contributed by atoms with E-state index in [0.29, 0.717) is 6.54 Å². The van der Waals surface area contributed by atoms with Gasteiger partial charge >= 0.3 is 0 Å². The molecular weight excluding hydrogens is 787 g/mol. The molecule has 0 spiro atoms. The van der Waals surface area contributed by atoms with Gasteiger partial charge in [0.25, 0.3) is 0 Å². The number of fused-ring (bicyclic) bond motifs is 6.